The lowest BCUT2D eigenvalue weighted by atomic mass is 9.80. The summed E-state index contributed by atoms with van der Waals surface area (Å²) in [4.78, 5) is 36.4. The first kappa shape index (κ1) is 23.5. The SMILES string of the molecule is CN1CCN(c2ccc(-c3csc(N(C)C(=O)C4(CC(=O)O)Cc5ccccc5C4)n3)cc2)CC1. The van der Waals surface area contributed by atoms with E-state index in [2.05, 4.69) is 41.1 Å². The molecule has 2 heterocycles. The van der Waals surface area contributed by atoms with Gasteiger partial charge < -0.3 is 14.9 Å². The standard InChI is InChI=1S/C27H30N4O3S/c1-29-11-13-31(14-12-29)22-9-7-19(8-10-22)23-18-35-26(28-23)30(2)25(34)27(17-24(32)33)15-20-5-3-4-6-21(20)16-27/h3-10,18H,11-17H2,1-2H3,(H,32,33). The Bertz CT molecular complexity index is 1210. The van der Waals surface area contributed by atoms with Crippen molar-refractivity contribution in [1.82, 2.24) is 9.88 Å². The number of piperazine rings is 1. The van der Waals surface area contributed by atoms with Crippen molar-refractivity contribution in [2.45, 2.75) is 19.3 Å². The molecule has 1 saturated heterocycles. The molecule has 0 unspecified atom stereocenters. The van der Waals surface area contributed by atoms with E-state index in [-0.39, 0.29) is 12.3 Å². The number of likely N-dealkylation sites (N-methyl/N-ethyl adjacent to an activating group) is 1. The van der Waals surface area contributed by atoms with Gasteiger partial charge in [0, 0.05) is 49.9 Å². The number of carbonyl (C=O) groups is 2. The number of carboxylic acid groups (broad SMARTS) is 1. The normalized spacial score (nSPS) is 17.3. The third kappa shape index (κ3) is 4.68. The lowest BCUT2D eigenvalue weighted by molar-refractivity contribution is -0.144. The topological polar surface area (TPSA) is 77.0 Å². The fourth-order valence-corrected chi connectivity index (χ4v) is 6.03. The van der Waals surface area contributed by atoms with Crippen molar-refractivity contribution in [2.75, 3.05) is 50.1 Å². The van der Waals surface area contributed by atoms with E-state index in [1.54, 1.807) is 11.9 Å². The monoisotopic (exact) mass is 490 g/mol. The number of amides is 1. The molecule has 1 N–H and O–H groups in total. The second-order valence-electron chi connectivity index (χ2n) is 9.69. The highest BCUT2D eigenvalue weighted by Crippen LogP contribution is 2.42. The smallest absolute Gasteiger partial charge is 0.304 e. The molecule has 35 heavy (non-hydrogen) atoms. The first-order chi connectivity index (χ1) is 16.8. The van der Waals surface area contributed by atoms with Crippen LogP contribution in [0.2, 0.25) is 0 Å². The van der Waals surface area contributed by atoms with Crippen molar-refractivity contribution in [3.8, 4) is 11.3 Å². The van der Waals surface area contributed by atoms with Crippen LogP contribution in [0.4, 0.5) is 10.8 Å². The molecule has 1 fully saturated rings. The summed E-state index contributed by atoms with van der Waals surface area (Å²) >= 11 is 1.40. The van der Waals surface area contributed by atoms with E-state index in [4.69, 9.17) is 4.98 Å². The van der Waals surface area contributed by atoms with Crippen LogP contribution in [0.1, 0.15) is 17.5 Å². The Morgan fingerprint density at radius 3 is 2.26 bits per heavy atom. The van der Waals surface area contributed by atoms with Gasteiger partial charge >= 0.3 is 5.97 Å². The van der Waals surface area contributed by atoms with Gasteiger partial charge in [0.05, 0.1) is 17.5 Å². The van der Waals surface area contributed by atoms with Crippen molar-refractivity contribution >= 4 is 34.0 Å². The molecule has 0 spiro atoms. The first-order valence-corrected chi connectivity index (χ1v) is 12.8. The molecule has 3 aromatic rings. The number of aromatic nitrogens is 1. The predicted molar refractivity (Wildman–Crippen MR) is 139 cm³/mol. The number of thiazole rings is 1. The molecule has 1 aromatic heterocycles. The van der Waals surface area contributed by atoms with Gasteiger partial charge in [0.2, 0.25) is 5.91 Å². The van der Waals surface area contributed by atoms with Crippen LogP contribution in [-0.4, -0.2) is 67.1 Å². The van der Waals surface area contributed by atoms with Gasteiger partial charge in [-0.05, 0) is 43.1 Å². The average Bonchev–Trinajstić information content (AvgIpc) is 3.49. The average molecular weight is 491 g/mol. The number of hydrogen-bond donors (Lipinski definition) is 1. The van der Waals surface area contributed by atoms with Crippen LogP contribution in [0.25, 0.3) is 11.3 Å². The van der Waals surface area contributed by atoms with E-state index in [1.165, 1.54) is 17.0 Å². The Balaban J connectivity index is 1.33. The molecule has 5 rings (SSSR count). The summed E-state index contributed by atoms with van der Waals surface area (Å²) in [6.45, 7) is 4.16. The minimum absolute atomic E-state index is 0.192. The summed E-state index contributed by atoms with van der Waals surface area (Å²) in [5.41, 5.74) is 4.14. The Morgan fingerprint density at radius 1 is 1.03 bits per heavy atom. The highest BCUT2D eigenvalue weighted by molar-refractivity contribution is 7.14. The van der Waals surface area contributed by atoms with Crippen molar-refractivity contribution in [1.29, 1.82) is 0 Å². The summed E-state index contributed by atoms with van der Waals surface area (Å²) < 4.78 is 0. The quantitative estimate of drug-likeness (QED) is 0.567. The molecule has 182 valence electrons. The number of aliphatic carboxylic acids is 1. The van der Waals surface area contributed by atoms with Gasteiger partial charge in [0.25, 0.3) is 0 Å². The van der Waals surface area contributed by atoms with Gasteiger partial charge in [-0.2, -0.15) is 0 Å². The maximum Gasteiger partial charge on any atom is 0.304 e. The van der Waals surface area contributed by atoms with Crippen molar-refractivity contribution in [2.24, 2.45) is 5.41 Å². The number of carbonyl (C=O) groups excluding carboxylic acids is 1. The van der Waals surface area contributed by atoms with E-state index in [9.17, 15) is 14.7 Å². The molecular weight excluding hydrogens is 460 g/mol. The van der Waals surface area contributed by atoms with Crippen LogP contribution >= 0.6 is 11.3 Å². The fourth-order valence-electron chi connectivity index (χ4n) is 5.24. The minimum atomic E-state index is -0.986. The Hall–Kier alpha value is -3.23. The summed E-state index contributed by atoms with van der Waals surface area (Å²) in [5.74, 6) is -1.15. The van der Waals surface area contributed by atoms with Gasteiger partial charge in [-0.3, -0.25) is 14.5 Å². The lowest BCUT2D eigenvalue weighted by Gasteiger charge is -2.34. The zero-order valence-electron chi connectivity index (χ0n) is 20.1. The van der Waals surface area contributed by atoms with Crippen LogP contribution in [0.5, 0.6) is 0 Å². The summed E-state index contributed by atoms with van der Waals surface area (Å²) in [7, 11) is 3.85. The summed E-state index contributed by atoms with van der Waals surface area (Å²) in [5, 5.41) is 12.1. The predicted octanol–water partition coefficient (Wildman–Crippen LogP) is 3.78. The minimum Gasteiger partial charge on any atom is -0.481 e. The number of fused-ring (bicyclic) bond motifs is 1. The molecule has 0 bridgehead atoms. The highest BCUT2D eigenvalue weighted by Gasteiger charge is 2.47. The van der Waals surface area contributed by atoms with Crippen LogP contribution in [-0.2, 0) is 22.4 Å². The zero-order valence-corrected chi connectivity index (χ0v) is 20.9. The van der Waals surface area contributed by atoms with E-state index < -0.39 is 11.4 Å². The van der Waals surface area contributed by atoms with E-state index in [1.807, 2.05) is 29.6 Å². The lowest BCUT2D eigenvalue weighted by Crippen LogP contribution is -2.44. The number of anilines is 2. The van der Waals surface area contributed by atoms with Gasteiger partial charge in [-0.25, -0.2) is 4.98 Å². The molecule has 0 atom stereocenters. The molecule has 1 amide bonds. The third-order valence-corrected chi connectivity index (χ3v) is 8.15. The molecule has 1 aliphatic carbocycles. The Kier molecular flexibility index (Phi) is 6.34. The molecular formula is C27H30N4O3S. The number of nitrogens with zero attached hydrogens (tertiary/aromatic N) is 4. The second-order valence-corrected chi connectivity index (χ2v) is 10.5. The second kappa shape index (κ2) is 9.43. The number of hydrogen-bond acceptors (Lipinski definition) is 6. The first-order valence-electron chi connectivity index (χ1n) is 11.9. The molecule has 0 radical (unpaired) electrons. The molecule has 8 heteroatoms. The largest absolute Gasteiger partial charge is 0.481 e. The van der Waals surface area contributed by atoms with Gasteiger partial charge in [-0.1, -0.05) is 36.4 Å². The molecule has 2 aliphatic rings. The van der Waals surface area contributed by atoms with Gasteiger partial charge in [0.1, 0.15) is 0 Å². The van der Waals surface area contributed by atoms with Crippen LogP contribution in [0.3, 0.4) is 0 Å². The van der Waals surface area contributed by atoms with E-state index in [0.717, 1.165) is 48.6 Å². The Morgan fingerprint density at radius 2 is 1.66 bits per heavy atom. The number of rotatable bonds is 6. The molecule has 0 saturated carbocycles. The van der Waals surface area contributed by atoms with Crippen LogP contribution < -0.4 is 9.80 Å². The van der Waals surface area contributed by atoms with E-state index in [0.29, 0.717) is 18.0 Å². The number of carboxylic acids is 1. The zero-order chi connectivity index (χ0) is 24.6. The Labute approximate surface area is 209 Å². The van der Waals surface area contributed by atoms with E-state index >= 15 is 0 Å². The molecule has 2 aromatic carbocycles. The van der Waals surface area contributed by atoms with Crippen LogP contribution in [0, 0.1) is 5.41 Å². The van der Waals surface area contributed by atoms with Crippen molar-refractivity contribution < 1.29 is 14.7 Å². The number of benzene rings is 2. The third-order valence-electron chi connectivity index (χ3n) is 7.23. The van der Waals surface area contributed by atoms with Gasteiger partial charge in [-0.15, -0.1) is 11.3 Å². The molecule has 1 aliphatic heterocycles. The highest BCUT2D eigenvalue weighted by atomic mass is 32.1. The maximum absolute atomic E-state index is 13.7. The maximum atomic E-state index is 13.7. The molecule has 7 nitrogen and oxygen atoms in total. The van der Waals surface area contributed by atoms with Crippen molar-refractivity contribution in [3.05, 3.63) is 65.0 Å². The van der Waals surface area contributed by atoms with Crippen molar-refractivity contribution in [3.63, 3.8) is 0 Å². The van der Waals surface area contributed by atoms with Crippen LogP contribution in [0.15, 0.2) is 53.9 Å². The van der Waals surface area contributed by atoms with Gasteiger partial charge in [0.15, 0.2) is 5.13 Å². The summed E-state index contributed by atoms with van der Waals surface area (Å²) in [6.07, 6.45) is 0.673. The summed E-state index contributed by atoms with van der Waals surface area (Å²) in [6, 6.07) is 16.3. The fraction of sp³-hybridized carbons (Fsp3) is 0.370.